The smallest absolute Gasteiger partial charge is 0.166 e. The molecular formula is C28H18N6S. The highest BCUT2D eigenvalue weighted by Gasteiger charge is 2.14. The van der Waals surface area contributed by atoms with Gasteiger partial charge in [-0.1, -0.05) is 17.4 Å². The van der Waals surface area contributed by atoms with Gasteiger partial charge in [0, 0.05) is 47.3 Å². The van der Waals surface area contributed by atoms with Gasteiger partial charge < -0.3 is 9.13 Å². The predicted octanol–water partition coefficient (Wildman–Crippen LogP) is 6.55. The fourth-order valence-electron chi connectivity index (χ4n) is 4.42. The van der Waals surface area contributed by atoms with E-state index in [9.17, 15) is 0 Å². The molecule has 0 saturated heterocycles. The lowest BCUT2D eigenvalue weighted by Crippen LogP contribution is -1.94. The zero-order valence-corrected chi connectivity index (χ0v) is 19.3. The van der Waals surface area contributed by atoms with Crippen LogP contribution in [0.4, 0.5) is 0 Å². The van der Waals surface area contributed by atoms with Gasteiger partial charge in [-0.05, 0) is 72.8 Å². The molecule has 0 aliphatic heterocycles. The lowest BCUT2D eigenvalue weighted by molar-refractivity contribution is 1.08. The van der Waals surface area contributed by atoms with Crippen molar-refractivity contribution in [1.29, 1.82) is 0 Å². The van der Waals surface area contributed by atoms with Crippen LogP contribution in [0, 0.1) is 0 Å². The standard InChI is InChI=1S/C28H18N6S/c1-2-14-33(13-1)25-9-5-8-22-21(25)10-11-23(30-22)28-32-31-27(35-28)19-17-24-20(7-6-12-29-24)26(18-19)34-15-3-4-16-34/h1-18H. The molecule has 0 bridgehead atoms. The average molecular weight is 471 g/mol. The van der Waals surface area contributed by atoms with Crippen molar-refractivity contribution >= 4 is 33.1 Å². The van der Waals surface area contributed by atoms with Crippen molar-refractivity contribution < 1.29 is 0 Å². The van der Waals surface area contributed by atoms with E-state index in [0.29, 0.717) is 0 Å². The fourth-order valence-corrected chi connectivity index (χ4v) is 5.22. The van der Waals surface area contributed by atoms with Crippen LogP contribution in [0.15, 0.2) is 110 Å². The Morgan fingerprint density at radius 1 is 0.600 bits per heavy atom. The first-order chi connectivity index (χ1) is 17.3. The first kappa shape index (κ1) is 19.8. The Morgan fingerprint density at radius 2 is 1.34 bits per heavy atom. The van der Waals surface area contributed by atoms with Gasteiger partial charge in [0.05, 0.1) is 22.4 Å². The molecule has 0 aliphatic rings. The summed E-state index contributed by atoms with van der Waals surface area (Å²) in [6.07, 6.45) is 9.98. The molecule has 0 N–H and O–H groups in total. The predicted molar refractivity (Wildman–Crippen MR) is 140 cm³/mol. The van der Waals surface area contributed by atoms with Gasteiger partial charge in [0.25, 0.3) is 0 Å². The highest BCUT2D eigenvalue weighted by atomic mass is 32.1. The largest absolute Gasteiger partial charge is 0.323 e. The molecular weight excluding hydrogens is 452 g/mol. The SMILES string of the molecule is c1cc(-n2cccc2)c2ccc(-c3nnc(-c4cc(-n5cccc5)c5cccnc5c4)s3)nc2c1. The van der Waals surface area contributed by atoms with E-state index in [2.05, 4.69) is 54.6 Å². The molecule has 5 aromatic heterocycles. The molecule has 2 aromatic carbocycles. The van der Waals surface area contributed by atoms with E-state index in [4.69, 9.17) is 4.98 Å². The molecule has 0 fully saturated rings. The minimum Gasteiger partial charge on any atom is -0.323 e. The maximum atomic E-state index is 4.91. The van der Waals surface area contributed by atoms with Crippen LogP contribution in [0.1, 0.15) is 0 Å². The molecule has 0 spiro atoms. The number of benzene rings is 2. The van der Waals surface area contributed by atoms with E-state index in [1.54, 1.807) is 0 Å². The van der Waals surface area contributed by atoms with Gasteiger partial charge in [0.15, 0.2) is 5.01 Å². The van der Waals surface area contributed by atoms with Gasteiger partial charge in [-0.15, -0.1) is 10.2 Å². The summed E-state index contributed by atoms with van der Waals surface area (Å²) in [5.41, 5.74) is 5.82. The maximum Gasteiger partial charge on any atom is 0.166 e. The number of nitrogens with zero attached hydrogens (tertiary/aromatic N) is 6. The van der Waals surface area contributed by atoms with E-state index in [0.717, 1.165) is 54.5 Å². The van der Waals surface area contributed by atoms with Gasteiger partial charge in [-0.25, -0.2) is 4.98 Å². The van der Waals surface area contributed by atoms with Crippen LogP contribution in [0.2, 0.25) is 0 Å². The minimum atomic E-state index is 0.789. The Hall–Kier alpha value is -4.62. The van der Waals surface area contributed by atoms with Gasteiger partial charge in [0.2, 0.25) is 0 Å². The lowest BCUT2D eigenvalue weighted by Gasteiger charge is -2.09. The topological polar surface area (TPSA) is 61.4 Å². The van der Waals surface area contributed by atoms with E-state index in [-0.39, 0.29) is 0 Å². The Balaban J connectivity index is 1.31. The van der Waals surface area contributed by atoms with Crippen LogP contribution in [-0.2, 0) is 0 Å². The maximum absolute atomic E-state index is 4.91. The molecule has 6 nitrogen and oxygen atoms in total. The third-order valence-corrected chi connectivity index (χ3v) is 7.06. The van der Waals surface area contributed by atoms with E-state index in [1.807, 2.05) is 79.5 Å². The summed E-state index contributed by atoms with van der Waals surface area (Å²) in [7, 11) is 0. The minimum absolute atomic E-state index is 0.789. The summed E-state index contributed by atoms with van der Waals surface area (Å²) in [5, 5.41) is 12.8. The quantitative estimate of drug-likeness (QED) is 0.293. The van der Waals surface area contributed by atoms with Crippen molar-refractivity contribution in [1.82, 2.24) is 29.3 Å². The van der Waals surface area contributed by atoms with Crippen LogP contribution >= 0.6 is 11.3 Å². The lowest BCUT2D eigenvalue weighted by atomic mass is 10.1. The highest BCUT2D eigenvalue weighted by molar-refractivity contribution is 7.17. The summed E-state index contributed by atoms with van der Waals surface area (Å²) in [6.45, 7) is 0. The third-order valence-electron chi connectivity index (χ3n) is 6.06. The Morgan fingerprint density at radius 3 is 2.17 bits per heavy atom. The second-order valence-electron chi connectivity index (χ2n) is 8.20. The third kappa shape index (κ3) is 3.41. The van der Waals surface area contributed by atoms with Crippen molar-refractivity contribution in [3.05, 3.63) is 110 Å². The van der Waals surface area contributed by atoms with Crippen molar-refractivity contribution in [3.63, 3.8) is 0 Å². The highest BCUT2D eigenvalue weighted by Crippen LogP contribution is 2.34. The van der Waals surface area contributed by atoms with Crippen molar-refractivity contribution in [3.8, 4) is 32.6 Å². The van der Waals surface area contributed by atoms with Crippen LogP contribution in [0.25, 0.3) is 54.5 Å². The molecule has 0 unspecified atom stereocenters. The first-order valence-corrected chi connectivity index (χ1v) is 12.0. The zero-order chi connectivity index (χ0) is 23.2. The summed E-state index contributed by atoms with van der Waals surface area (Å²) in [5.74, 6) is 0. The van der Waals surface area contributed by atoms with Crippen LogP contribution in [-0.4, -0.2) is 29.3 Å². The molecule has 0 amide bonds. The first-order valence-electron chi connectivity index (χ1n) is 11.2. The van der Waals surface area contributed by atoms with Crippen molar-refractivity contribution in [2.75, 3.05) is 0 Å². The number of rotatable bonds is 4. The second kappa shape index (κ2) is 8.00. The Labute approximate surface area is 204 Å². The van der Waals surface area contributed by atoms with Crippen LogP contribution in [0.3, 0.4) is 0 Å². The molecule has 7 aromatic rings. The molecule has 0 radical (unpaired) electrons. The van der Waals surface area contributed by atoms with E-state index < -0.39 is 0 Å². The number of pyridine rings is 2. The summed E-state index contributed by atoms with van der Waals surface area (Å²) in [4.78, 5) is 9.50. The molecule has 0 atom stereocenters. The number of aromatic nitrogens is 6. The van der Waals surface area contributed by atoms with Gasteiger partial charge in [-0.3, -0.25) is 4.98 Å². The Kier molecular flexibility index (Phi) is 4.53. The Bertz CT molecular complexity index is 1800. The number of fused-ring (bicyclic) bond motifs is 2. The summed E-state index contributed by atoms with van der Waals surface area (Å²) in [6, 6.07) is 26.6. The summed E-state index contributed by atoms with van der Waals surface area (Å²) < 4.78 is 4.20. The van der Waals surface area contributed by atoms with Crippen LogP contribution in [0.5, 0.6) is 0 Å². The van der Waals surface area contributed by atoms with E-state index >= 15 is 0 Å². The summed E-state index contributed by atoms with van der Waals surface area (Å²) >= 11 is 1.54. The fraction of sp³-hybridized carbons (Fsp3) is 0. The van der Waals surface area contributed by atoms with Gasteiger partial charge in [0.1, 0.15) is 10.7 Å². The van der Waals surface area contributed by atoms with E-state index in [1.165, 1.54) is 11.3 Å². The molecule has 0 aliphatic carbocycles. The van der Waals surface area contributed by atoms with Crippen molar-refractivity contribution in [2.45, 2.75) is 0 Å². The average Bonchev–Trinajstić information content (AvgIpc) is 3.70. The van der Waals surface area contributed by atoms with Crippen molar-refractivity contribution in [2.24, 2.45) is 0 Å². The molecule has 35 heavy (non-hydrogen) atoms. The molecule has 5 heterocycles. The second-order valence-corrected chi connectivity index (χ2v) is 9.18. The zero-order valence-electron chi connectivity index (χ0n) is 18.5. The number of hydrogen-bond acceptors (Lipinski definition) is 5. The van der Waals surface area contributed by atoms with Gasteiger partial charge in [-0.2, -0.15) is 0 Å². The molecule has 166 valence electrons. The number of hydrogen-bond donors (Lipinski definition) is 0. The molecule has 0 saturated carbocycles. The monoisotopic (exact) mass is 470 g/mol. The normalized spacial score (nSPS) is 11.4. The molecule has 7 heteroatoms. The van der Waals surface area contributed by atoms with Gasteiger partial charge >= 0.3 is 0 Å². The molecule has 7 rings (SSSR count). The van der Waals surface area contributed by atoms with Crippen LogP contribution < -0.4 is 0 Å².